The Morgan fingerprint density at radius 3 is 2.81 bits per heavy atom. The van der Waals surface area contributed by atoms with Gasteiger partial charge in [-0.15, -0.1) is 0 Å². The van der Waals surface area contributed by atoms with Crippen LogP contribution in [0, 0.1) is 0 Å². The molecule has 0 spiro atoms. The fraction of sp³-hybridized carbons (Fsp3) is 0.579. The van der Waals surface area contributed by atoms with Crippen LogP contribution in [-0.4, -0.2) is 75.4 Å². The molecule has 0 radical (unpaired) electrons. The van der Waals surface area contributed by atoms with Gasteiger partial charge in [-0.05, 0) is 31.0 Å². The van der Waals surface area contributed by atoms with E-state index in [1.165, 1.54) is 0 Å². The highest BCUT2D eigenvalue weighted by molar-refractivity contribution is 6.00. The number of hydrogen-bond donors (Lipinski definition) is 1. The van der Waals surface area contributed by atoms with Gasteiger partial charge in [-0.1, -0.05) is 0 Å². The summed E-state index contributed by atoms with van der Waals surface area (Å²) >= 11 is 0. The maximum atomic E-state index is 12.4. The van der Waals surface area contributed by atoms with Crippen molar-refractivity contribution in [2.75, 3.05) is 62.8 Å². The molecule has 27 heavy (non-hydrogen) atoms. The first-order valence-electron chi connectivity index (χ1n) is 9.50. The van der Waals surface area contributed by atoms with Crippen molar-refractivity contribution in [1.29, 1.82) is 0 Å². The summed E-state index contributed by atoms with van der Waals surface area (Å²) in [6.45, 7) is 5.24. The first-order chi connectivity index (χ1) is 13.2. The van der Waals surface area contributed by atoms with Crippen molar-refractivity contribution in [1.82, 2.24) is 4.90 Å². The average Bonchev–Trinajstić information content (AvgIpc) is 3.23. The fourth-order valence-corrected chi connectivity index (χ4v) is 3.60. The molecule has 4 rings (SSSR count). The largest absolute Gasteiger partial charge is 0.482 e. The first kappa shape index (κ1) is 18.2. The second-order valence-corrected chi connectivity index (χ2v) is 6.96. The molecule has 0 aromatic heterocycles. The van der Waals surface area contributed by atoms with E-state index in [2.05, 4.69) is 10.2 Å². The zero-order valence-corrected chi connectivity index (χ0v) is 15.3. The van der Waals surface area contributed by atoms with E-state index < -0.39 is 6.10 Å². The van der Waals surface area contributed by atoms with Gasteiger partial charge in [0.15, 0.2) is 6.61 Å². The summed E-state index contributed by atoms with van der Waals surface area (Å²) in [6, 6.07) is 5.40. The summed E-state index contributed by atoms with van der Waals surface area (Å²) in [7, 11) is 0. The summed E-state index contributed by atoms with van der Waals surface area (Å²) < 4.78 is 16.4. The van der Waals surface area contributed by atoms with Crippen LogP contribution in [0.5, 0.6) is 5.75 Å². The number of ether oxygens (including phenoxy) is 3. The zero-order chi connectivity index (χ0) is 18.6. The van der Waals surface area contributed by atoms with Gasteiger partial charge in [-0.3, -0.25) is 14.5 Å². The molecule has 8 nitrogen and oxygen atoms in total. The maximum Gasteiger partial charge on any atom is 0.265 e. The topological polar surface area (TPSA) is 80.3 Å². The number of carbonyl (C=O) groups excluding carboxylic acids is 2. The monoisotopic (exact) mass is 375 g/mol. The van der Waals surface area contributed by atoms with Crippen LogP contribution in [0.15, 0.2) is 18.2 Å². The highest BCUT2D eigenvalue weighted by Gasteiger charge is 2.28. The van der Waals surface area contributed by atoms with Gasteiger partial charge in [-0.2, -0.15) is 0 Å². The Labute approximate surface area is 158 Å². The Bertz CT molecular complexity index is 699. The average molecular weight is 375 g/mol. The van der Waals surface area contributed by atoms with Crippen molar-refractivity contribution in [2.45, 2.75) is 18.9 Å². The quantitative estimate of drug-likeness (QED) is 0.822. The van der Waals surface area contributed by atoms with E-state index in [-0.39, 0.29) is 18.4 Å². The van der Waals surface area contributed by atoms with Crippen molar-refractivity contribution < 1.29 is 23.8 Å². The molecule has 2 fully saturated rings. The summed E-state index contributed by atoms with van der Waals surface area (Å²) in [5.41, 5.74) is 1.34. The Morgan fingerprint density at radius 2 is 2.04 bits per heavy atom. The number of benzene rings is 1. The highest BCUT2D eigenvalue weighted by atomic mass is 16.5. The molecule has 0 bridgehead atoms. The van der Waals surface area contributed by atoms with Crippen molar-refractivity contribution in [3.8, 4) is 5.75 Å². The fourth-order valence-electron chi connectivity index (χ4n) is 3.60. The predicted octanol–water partition coefficient (Wildman–Crippen LogP) is 0.862. The van der Waals surface area contributed by atoms with E-state index in [4.69, 9.17) is 14.2 Å². The molecule has 3 heterocycles. The van der Waals surface area contributed by atoms with E-state index in [0.717, 1.165) is 45.7 Å². The minimum Gasteiger partial charge on any atom is -0.482 e. The lowest BCUT2D eigenvalue weighted by molar-refractivity contribution is -0.124. The van der Waals surface area contributed by atoms with Crippen LogP contribution in [0.3, 0.4) is 0 Å². The smallest absolute Gasteiger partial charge is 0.265 e. The van der Waals surface area contributed by atoms with E-state index in [1.54, 1.807) is 23.1 Å². The number of rotatable bonds is 5. The molecule has 8 heteroatoms. The molecule has 146 valence electrons. The highest BCUT2D eigenvalue weighted by Crippen LogP contribution is 2.34. The Balaban J connectivity index is 1.46. The molecule has 3 aliphatic rings. The number of fused-ring (bicyclic) bond motifs is 1. The van der Waals surface area contributed by atoms with Gasteiger partial charge < -0.3 is 24.4 Å². The van der Waals surface area contributed by atoms with Gasteiger partial charge in [0, 0.05) is 38.5 Å². The summed E-state index contributed by atoms with van der Waals surface area (Å²) in [4.78, 5) is 28.7. The minimum atomic E-state index is -0.392. The van der Waals surface area contributed by atoms with Crippen LogP contribution in [0.1, 0.15) is 12.8 Å². The van der Waals surface area contributed by atoms with Crippen molar-refractivity contribution in [3.63, 3.8) is 0 Å². The summed E-state index contributed by atoms with van der Waals surface area (Å²) in [5, 5.41) is 2.89. The first-order valence-corrected chi connectivity index (χ1v) is 9.50. The predicted molar refractivity (Wildman–Crippen MR) is 99.2 cm³/mol. The van der Waals surface area contributed by atoms with Crippen LogP contribution in [0.25, 0.3) is 0 Å². The van der Waals surface area contributed by atoms with Crippen molar-refractivity contribution in [3.05, 3.63) is 18.2 Å². The standard InChI is InChI=1S/C19H25N3O5/c23-18-13-27-16-4-3-14(20-19(24)17-2-1-9-26-17)12-15(16)22(18)6-5-21-7-10-25-11-8-21/h3-4,12,17H,1-2,5-11,13H2,(H,20,24). The number of nitrogens with zero attached hydrogens (tertiary/aromatic N) is 2. The lowest BCUT2D eigenvalue weighted by Crippen LogP contribution is -2.46. The second-order valence-electron chi connectivity index (χ2n) is 6.96. The number of hydrogen-bond acceptors (Lipinski definition) is 6. The molecule has 0 saturated carbocycles. The van der Waals surface area contributed by atoms with Crippen LogP contribution >= 0.6 is 0 Å². The molecule has 2 amide bonds. The minimum absolute atomic E-state index is 0.0394. The molecule has 1 aromatic carbocycles. The number of amides is 2. The van der Waals surface area contributed by atoms with Crippen molar-refractivity contribution in [2.24, 2.45) is 0 Å². The SMILES string of the molecule is O=C(Nc1ccc2c(c1)N(CCN1CCOCC1)C(=O)CO2)C1CCCO1. The third-order valence-corrected chi connectivity index (χ3v) is 5.14. The summed E-state index contributed by atoms with van der Waals surface area (Å²) in [6.07, 6.45) is 1.25. The number of carbonyl (C=O) groups is 2. The van der Waals surface area contributed by atoms with E-state index >= 15 is 0 Å². The Morgan fingerprint density at radius 1 is 1.19 bits per heavy atom. The molecule has 3 aliphatic heterocycles. The Kier molecular flexibility index (Phi) is 5.56. The Hall–Kier alpha value is -2.16. The molecule has 0 aliphatic carbocycles. The van der Waals surface area contributed by atoms with Gasteiger partial charge in [-0.25, -0.2) is 0 Å². The van der Waals surface area contributed by atoms with Gasteiger partial charge in [0.2, 0.25) is 0 Å². The number of morpholine rings is 1. The molecular formula is C19H25N3O5. The summed E-state index contributed by atoms with van der Waals surface area (Å²) in [5.74, 6) is 0.445. The molecule has 1 atom stereocenters. The second kappa shape index (κ2) is 8.24. The number of nitrogens with one attached hydrogen (secondary N) is 1. The third-order valence-electron chi connectivity index (χ3n) is 5.14. The van der Waals surface area contributed by atoms with Gasteiger partial charge in [0.25, 0.3) is 11.8 Å². The normalized spacial score (nSPS) is 23.0. The maximum absolute atomic E-state index is 12.4. The van der Waals surface area contributed by atoms with E-state index in [1.807, 2.05) is 0 Å². The van der Waals surface area contributed by atoms with Crippen LogP contribution in [-0.2, 0) is 19.1 Å². The molecular weight excluding hydrogens is 350 g/mol. The van der Waals surface area contributed by atoms with Crippen molar-refractivity contribution >= 4 is 23.2 Å². The third kappa shape index (κ3) is 4.23. The molecule has 1 N–H and O–H groups in total. The lowest BCUT2D eigenvalue weighted by Gasteiger charge is -2.33. The van der Waals surface area contributed by atoms with E-state index in [0.29, 0.717) is 30.3 Å². The van der Waals surface area contributed by atoms with Crippen LogP contribution < -0.4 is 15.0 Å². The van der Waals surface area contributed by atoms with Gasteiger partial charge in [0.05, 0.1) is 18.9 Å². The number of anilines is 2. The molecule has 1 aromatic rings. The zero-order valence-electron chi connectivity index (χ0n) is 15.3. The van der Waals surface area contributed by atoms with Crippen LogP contribution in [0.4, 0.5) is 11.4 Å². The van der Waals surface area contributed by atoms with Gasteiger partial charge >= 0.3 is 0 Å². The molecule has 2 saturated heterocycles. The van der Waals surface area contributed by atoms with Gasteiger partial charge in [0.1, 0.15) is 11.9 Å². The van der Waals surface area contributed by atoms with E-state index in [9.17, 15) is 9.59 Å². The lowest BCUT2D eigenvalue weighted by atomic mass is 10.2. The van der Waals surface area contributed by atoms with Crippen LogP contribution in [0.2, 0.25) is 0 Å². The molecule has 1 unspecified atom stereocenters.